The third kappa shape index (κ3) is 2.93. The van der Waals surface area contributed by atoms with Crippen LogP contribution in [0.3, 0.4) is 0 Å². The molecule has 0 saturated heterocycles. The molecule has 3 aromatic rings. The number of benzene rings is 2. The fourth-order valence-electron chi connectivity index (χ4n) is 2.59. The number of nitrogens with zero attached hydrogens (tertiary/aromatic N) is 1. The lowest BCUT2D eigenvalue weighted by Gasteiger charge is -2.10. The molecule has 0 bridgehead atoms. The zero-order valence-corrected chi connectivity index (χ0v) is 12.4. The van der Waals surface area contributed by atoms with Crippen LogP contribution < -0.4 is 0 Å². The number of aromatic nitrogens is 1. The lowest BCUT2D eigenvalue weighted by atomic mass is 10.1. The van der Waals surface area contributed by atoms with Gasteiger partial charge in [-0.05, 0) is 41.8 Å². The molecule has 0 aliphatic heterocycles. The summed E-state index contributed by atoms with van der Waals surface area (Å²) in [6.07, 6.45) is 2.12. The second kappa shape index (κ2) is 5.90. The zero-order chi connectivity index (χ0) is 15.5. The van der Waals surface area contributed by atoms with E-state index in [2.05, 4.69) is 35.9 Å². The van der Waals surface area contributed by atoms with Crippen molar-refractivity contribution in [1.82, 2.24) is 4.57 Å². The first-order chi connectivity index (χ1) is 10.6. The van der Waals surface area contributed by atoms with Gasteiger partial charge in [-0.3, -0.25) is 0 Å². The molecule has 0 amide bonds. The van der Waals surface area contributed by atoms with Crippen LogP contribution in [0.1, 0.15) is 21.5 Å². The minimum Gasteiger partial charge on any atom is -0.478 e. The van der Waals surface area contributed by atoms with Gasteiger partial charge in [0.1, 0.15) is 0 Å². The summed E-state index contributed by atoms with van der Waals surface area (Å²) >= 11 is 0. The van der Waals surface area contributed by atoms with E-state index in [4.69, 9.17) is 5.11 Å². The second-order valence-corrected chi connectivity index (χ2v) is 5.40. The predicted octanol–water partition coefficient (Wildman–Crippen LogP) is 4.21. The van der Waals surface area contributed by atoms with E-state index in [9.17, 15) is 4.79 Å². The highest BCUT2D eigenvalue weighted by Crippen LogP contribution is 2.23. The van der Waals surface area contributed by atoms with Gasteiger partial charge < -0.3 is 9.67 Å². The molecule has 3 heteroatoms. The van der Waals surface area contributed by atoms with E-state index in [1.807, 2.05) is 30.3 Å². The van der Waals surface area contributed by atoms with Gasteiger partial charge in [0.25, 0.3) is 0 Å². The van der Waals surface area contributed by atoms with Crippen LogP contribution in [0.2, 0.25) is 0 Å². The molecule has 1 heterocycles. The molecule has 1 aromatic heterocycles. The van der Waals surface area contributed by atoms with E-state index >= 15 is 0 Å². The number of aromatic carboxylic acids is 1. The highest BCUT2D eigenvalue weighted by atomic mass is 16.4. The number of hydrogen-bond donors (Lipinski definition) is 1. The lowest BCUT2D eigenvalue weighted by molar-refractivity contribution is 0.0697. The van der Waals surface area contributed by atoms with Crippen molar-refractivity contribution in [2.75, 3.05) is 0 Å². The van der Waals surface area contributed by atoms with Crippen molar-refractivity contribution in [3.63, 3.8) is 0 Å². The summed E-state index contributed by atoms with van der Waals surface area (Å²) < 4.78 is 2.19. The van der Waals surface area contributed by atoms with Crippen molar-refractivity contribution in [3.05, 3.63) is 83.6 Å². The third-order valence-corrected chi connectivity index (χ3v) is 3.66. The van der Waals surface area contributed by atoms with Gasteiger partial charge >= 0.3 is 5.97 Å². The normalized spacial score (nSPS) is 10.6. The summed E-state index contributed by atoms with van der Waals surface area (Å²) in [7, 11) is 0. The van der Waals surface area contributed by atoms with Crippen LogP contribution in [0.25, 0.3) is 11.3 Å². The molecule has 1 N–H and O–H groups in total. The van der Waals surface area contributed by atoms with Crippen LogP contribution in [0.4, 0.5) is 0 Å². The van der Waals surface area contributed by atoms with Gasteiger partial charge in [-0.2, -0.15) is 0 Å². The highest BCUT2D eigenvalue weighted by Gasteiger charge is 2.07. The van der Waals surface area contributed by atoms with Crippen molar-refractivity contribution >= 4 is 5.97 Å². The van der Waals surface area contributed by atoms with E-state index in [-0.39, 0.29) is 0 Å². The number of aryl methyl sites for hydroxylation is 1. The molecule has 0 fully saturated rings. The lowest BCUT2D eigenvalue weighted by Crippen LogP contribution is -2.01. The fraction of sp³-hybridized carbons (Fsp3) is 0.105. The van der Waals surface area contributed by atoms with Crippen molar-refractivity contribution in [2.45, 2.75) is 13.5 Å². The molecule has 0 unspecified atom stereocenters. The highest BCUT2D eigenvalue weighted by molar-refractivity contribution is 5.87. The Morgan fingerprint density at radius 3 is 2.36 bits per heavy atom. The smallest absolute Gasteiger partial charge is 0.335 e. The first-order valence-corrected chi connectivity index (χ1v) is 7.18. The summed E-state index contributed by atoms with van der Waals surface area (Å²) in [5.41, 5.74) is 4.95. The first kappa shape index (κ1) is 14.1. The Morgan fingerprint density at radius 1 is 1.05 bits per heavy atom. The van der Waals surface area contributed by atoms with E-state index in [0.717, 1.165) is 12.1 Å². The maximum Gasteiger partial charge on any atom is 0.335 e. The van der Waals surface area contributed by atoms with Gasteiger partial charge in [0.05, 0.1) is 5.56 Å². The van der Waals surface area contributed by atoms with Crippen molar-refractivity contribution in [1.29, 1.82) is 0 Å². The van der Waals surface area contributed by atoms with Gasteiger partial charge in [-0.15, -0.1) is 0 Å². The SMILES string of the molecule is Cc1cc(-c2ccccc2)n(Cc2ccc(C(=O)O)cc2)c1. The minimum absolute atomic E-state index is 0.315. The Bertz CT molecular complexity index is 786. The monoisotopic (exact) mass is 291 g/mol. The molecular formula is C19H17NO2. The molecule has 0 spiro atoms. The topological polar surface area (TPSA) is 42.2 Å². The summed E-state index contributed by atoms with van der Waals surface area (Å²) in [5.74, 6) is -0.895. The Morgan fingerprint density at radius 2 is 1.73 bits per heavy atom. The molecule has 3 nitrogen and oxygen atoms in total. The quantitative estimate of drug-likeness (QED) is 0.782. The Hall–Kier alpha value is -2.81. The average Bonchev–Trinajstić information content (AvgIpc) is 2.89. The third-order valence-electron chi connectivity index (χ3n) is 3.66. The van der Waals surface area contributed by atoms with Gasteiger partial charge in [0.15, 0.2) is 0 Å². The Labute approximate surface area is 129 Å². The summed E-state index contributed by atoms with van der Waals surface area (Å²) in [6, 6.07) is 19.5. The van der Waals surface area contributed by atoms with E-state index in [1.165, 1.54) is 16.8 Å². The minimum atomic E-state index is -0.895. The molecule has 0 saturated carbocycles. The summed E-state index contributed by atoms with van der Waals surface area (Å²) in [6.45, 7) is 2.80. The first-order valence-electron chi connectivity index (χ1n) is 7.18. The maximum absolute atomic E-state index is 10.9. The largest absolute Gasteiger partial charge is 0.478 e. The van der Waals surface area contributed by atoms with Crippen molar-refractivity contribution in [3.8, 4) is 11.3 Å². The second-order valence-electron chi connectivity index (χ2n) is 5.40. The van der Waals surface area contributed by atoms with Crippen LogP contribution >= 0.6 is 0 Å². The van der Waals surface area contributed by atoms with Crippen LogP contribution in [0.15, 0.2) is 66.9 Å². The summed E-state index contributed by atoms with van der Waals surface area (Å²) in [5, 5.41) is 8.96. The van der Waals surface area contributed by atoms with Gasteiger partial charge in [-0.25, -0.2) is 4.79 Å². The van der Waals surface area contributed by atoms with Crippen LogP contribution in [-0.4, -0.2) is 15.6 Å². The molecule has 22 heavy (non-hydrogen) atoms. The zero-order valence-electron chi connectivity index (χ0n) is 12.4. The Kier molecular flexibility index (Phi) is 3.79. The average molecular weight is 291 g/mol. The number of rotatable bonds is 4. The molecule has 110 valence electrons. The fourth-order valence-corrected chi connectivity index (χ4v) is 2.59. The number of carbonyl (C=O) groups is 1. The van der Waals surface area contributed by atoms with Gasteiger partial charge in [0.2, 0.25) is 0 Å². The molecule has 0 aliphatic rings. The molecule has 0 radical (unpaired) electrons. The van der Waals surface area contributed by atoms with E-state index in [0.29, 0.717) is 5.56 Å². The summed E-state index contributed by atoms with van der Waals surface area (Å²) in [4.78, 5) is 10.9. The molecule has 2 aromatic carbocycles. The maximum atomic E-state index is 10.9. The molecule has 0 atom stereocenters. The number of hydrogen-bond acceptors (Lipinski definition) is 1. The van der Waals surface area contributed by atoms with Crippen LogP contribution in [0, 0.1) is 6.92 Å². The Balaban J connectivity index is 1.91. The van der Waals surface area contributed by atoms with Crippen LogP contribution in [0.5, 0.6) is 0 Å². The van der Waals surface area contributed by atoms with Crippen molar-refractivity contribution < 1.29 is 9.90 Å². The molecule has 3 rings (SSSR count). The molecular weight excluding hydrogens is 274 g/mol. The van der Waals surface area contributed by atoms with Gasteiger partial charge in [-0.1, -0.05) is 42.5 Å². The standard InChI is InChI=1S/C19H17NO2/c1-14-11-18(16-5-3-2-4-6-16)20(12-14)13-15-7-9-17(10-8-15)19(21)22/h2-12H,13H2,1H3,(H,21,22). The number of carboxylic acids is 1. The van der Waals surface area contributed by atoms with Crippen LogP contribution in [-0.2, 0) is 6.54 Å². The van der Waals surface area contributed by atoms with E-state index < -0.39 is 5.97 Å². The molecule has 0 aliphatic carbocycles. The van der Waals surface area contributed by atoms with E-state index in [1.54, 1.807) is 12.1 Å². The van der Waals surface area contributed by atoms with Crippen molar-refractivity contribution in [2.24, 2.45) is 0 Å². The van der Waals surface area contributed by atoms with Gasteiger partial charge in [0, 0.05) is 18.4 Å². The predicted molar refractivity (Wildman–Crippen MR) is 87.1 cm³/mol. The number of carboxylic acid groups (broad SMARTS) is 1.